The Labute approximate surface area is 171 Å². The van der Waals surface area contributed by atoms with Gasteiger partial charge in [-0.15, -0.1) is 0 Å². The summed E-state index contributed by atoms with van der Waals surface area (Å²) in [5.41, 5.74) is 1.82. The first kappa shape index (κ1) is 21.4. The van der Waals surface area contributed by atoms with Crippen LogP contribution in [0.5, 0.6) is 0 Å². The van der Waals surface area contributed by atoms with E-state index in [-0.39, 0.29) is 5.69 Å². The first-order chi connectivity index (χ1) is 14.2. The molecule has 0 aliphatic heterocycles. The molecule has 0 saturated carbocycles. The van der Waals surface area contributed by atoms with Crippen LogP contribution in [0, 0.1) is 11.6 Å². The lowest BCUT2D eigenvalue weighted by molar-refractivity contribution is -0.129. The predicted octanol–water partition coefficient (Wildman–Crippen LogP) is 3.54. The molecule has 0 spiro atoms. The number of hydrogen-bond acceptors (Lipinski definition) is 4. The average molecular weight is 434 g/mol. The number of nitrogens with zero attached hydrogens (tertiary/aromatic N) is 1. The van der Waals surface area contributed by atoms with Crippen molar-refractivity contribution in [2.24, 2.45) is 0 Å². The van der Waals surface area contributed by atoms with Gasteiger partial charge in [-0.05, 0) is 35.4 Å². The van der Waals surface area contributed by atoms with Crippen LogP contribution in [0.1, 0.15) is 17.0 Å². The van der Waals surface area contributed by atoms with E-state index in [1.165, 1.54) is 24.3 Å². The maximum Gasteiger partial charge on any atom is 0.364 e. The summed E-state index contributed by atoms with van der Waals surface area (Å²) in [6.07, 6.45) is 0. The molecule has 0 saturated heterocycles. The number of nitrogens with one attached hydrogen (secondary N) is 1. The number of benzene rings is 3. The highest BCUT2D eigenvalue weighted by Gasteiger charge is 2.27. The molecule has 0 aliphatic rings. The zero-order valence-corrected chi connectivity index (χ0v) is 16.1. The topological polar surface area (TPSA) is 107 Å². The van der Waals surface area contributed by atoms with E-state index in [2.05, 4.69) is 0 Å². The Morgan fingerprint density at radius 2 is 1.53 bits per heavy atom. The molecule has 10 heteroatoms. The van der Waals surface area contributed by atoms with Crippen LogP contribution in [0.15, 0.2) is 72.8 Å². The second-order valence-electron chi connectivity index (χ2n) is 6.25. The second kappa shape index (κ2) is 8.57. The monoisotopic (exact) mass is 434 g/mol. The van der Waals surface area contributed by atoms with Crippen LogP contribution >= 0.6 is 0 Å². The fraction of sp³-hybridized carbons (Fsp3) is 0.0500. The fourth-order valence-electron chi connectivity index (χ4n) is 3.05. The summed E-state index contributed by atoms with van der Waals surface area (Å²) in [6, 6.07) is 16.0. The number of carbonyl (C=O) groups is 1. The van der Waals surface area contributed by atoms with Gasteiger partial charge < -0.3 is 0 Å². The van der Waals surface area contributed by atoms with Gasteiger partial charge in [0.05, 0.1) is 17.3 Å². The SMILES string of the molecule is O=C(NO)C(c1ccccc1)c1ccc(N(c2ccc(F)cc2F)S(=O)(=O)O)cc1. The summed E-state index contributed by atoms with van der Waals surface area (Å²) >= 11 is 0. The summed E-state index contributed by atoms with van der Waals surface area (Å²) < 4.78 is 61.0. The third-order valence-electron chi connectivity index (χ3n) is 4.33. The molecule has 1 unspecified atom stereocenters. The minimum absolute atomic E-state index is 0.150. The predicted molar refractivity (Wildman–Crippen MR) is 105 cm³/mol. The number of carbonyl (C=O) groups excluding carboxylic acids is 1. The Kier molecular flexibility index (Phi) is 6.11. The molecule has 0 aliphatic carbocycles. The maximum absolute atomic E-state index is 14.2. The van der Waals surface area contributed by atoms with Crippen LogP contribution in [0.4, 0.5) is 20.2 Å². The average Bonchev–Trinajstić information content (AvgIpc) is 2.71. The van der Waals surface area contributed by atoms with Crippen molar-refractivity contribution in [2.45, 2.75) is 5.92 Å². The Morgan fingerprint density at radius 3 is 2.07 bits per heavy atom. The minimum Gasteiger partial charge on any atom is -0.289 e. The van der Waals surface area contributed by atoms with Crippen molar-refractivity contribution in [1.82, 2.24) is 5.48 Å². The van der Waals surface area contributed by atoms with Gasteiger partial charge in [0, 0.05) is 6.07 Å². The van der Waals surface area contributed by atoms with Crippen LogP contribution < -0.4 is 9.79 Å². The molecule has 0 fully saturated rings. The van der Waals surface area contributed by atoms with E-state index >= 15 is 0 Å². The summed E-state index contributed by atoms with van der Waals surface area (Å²) in [6.45, 7) is 0. The van der Waals surface area contributed by atoms with Gasteiger partial charge in [-0.1, -0.05) is 42.5 Å². The first-order valence-corrected chi connectivity index (χ1v) is 9.93. The van der Waals surface area contributed by atoms with Gasteiger partial charge >= 0.3 is 10.3 Å². The Bertz CT molecular complexity index is 1160. The summed E-state index contributed by atoms with van der Waals surface area (Å²) in [5.74, 6) is -3.74. The number of amides is 1. The molecule has 3 N–H and O–H groups in total. The molecule has 3 rings (SSSR count). The molecular weight excluding hydrogens is 418 g/mol. The maximum atomic E-state index is 14.2. The number of hydrogen-bond donors (Lipinski definition) is 3. The normalized spacial score (nSPS) is 12.3. The van der Waals surface area contributed by atoms with E-state index in [1.807, 2.05) is 0 Å². The molecule has 0 heterocycles. The van der Waals surface area contributed by atoms with Crippen molar-refractivity contribution < 1.29 is 31.8 Å². The van der Waals surface area contributed by atoms with Gasteiger partial charge in [0.25, 0.3) is 5.91 Å². The van der Waals surface area contributed by atoms with E-state index in [0.717, 1.165) is 12.1 Å². The van der Waals surface area contributed by atoms with Gasteiger partial charge in [0.2, 0.25) is 0 Å². The Hall–Kier alpha value is -3.34. The third kappa shape index (κ3) is 4.46. The molecule has 3 aromatic carbocycles. The Morgan fingerprint density at radius 1 is 0.933 bits per heavy atom. The van der Waals surface area contributed by atoms with Gasteiger partial charge in [-0.25, -0.2) is 18.6 Å². The van der Waals surface area contributed by atoms with Crippen molar-refractivity contribution >= 4 is 27.6 Å². The third-order valence-corrected chi connectivity index (χ3v) is 5.19. The number of hydroxylamine groups is 1. The van der Waals surface area contributed by atoms with Crippen molar-refractivity contribution in [3.05, 3.63) is 95.6 Å². The van der Waals surface area contributed by atoms with Gasteiger partial charge in [-0.2, -0.15) is 8.42 Å². The lowest BCUT2D eigenvalue weighted by atomic mass is 9.90. The quantitative estimate of drug-likeness (QED) is 0.313. The molecule has 0 bridgehead atoms. The standard InChI is InChI=1S/C20H16F2N2O5S/c21-15-8-11-18(17(22)12-15)24(30(27,28)29)16-9-6-14(7-10-16)19(20(25)23-26)13-4-2-1-3-5-13/h1-12,19,26H,(H,23,25)(H,27,28,29). The smallest absolute Gasteiger partial charge is 0.289 e. The van der Waals surface area contributed by atoms with Crippen LogP contribution in [0.25, 0.3) is 0 Å². The molecule has 1 amide bonds. The van der Waals surface area contributed by atoms with Crippen LogP contribution in [0.2, 0.25) is 0 Å². The van der Waals surface area contributed by atoms with E-state index in [0.29, 0.717) is 21.5 Å². The van der Waals surface area contributed by atoms with Gasteiger partial charge in [0.1, 0.15) is 5.82 Å². The molecule has 156 valence electrons. The van der Waals surface area contributed by atoms with E-state index in [9.17, 15) is 26.5 Å². The van der Waals surface area contributed by atoms with Gasteiger partial charge in [0.15, 0.2) is 5.82 Å². The van der Waals surface area contributed by atoms with E-state index < -0.39 is 39.5 Å². The lowest BCUT2D eigenvalue weighted by Crippen LogP contribution is -2.28. The van der Waals surface area contributed by atoms with E-state index in [4.69, 9.17) is 5.21 Å². The molecule has 3 aromatic rings. The van der Waals surface area contributed by atoms with Crippen molar-refractivity contribution in [2.75, 3.05) is 4.31 Å². The zero-order valence-electron chi connectivity index (χ0n) is 15.2. The molecule has 0 radical (unpaired) electrons. The molecular formula is C20H16F2N2O5S. The zero-order chi connectivity index (χ0) is 21.9. The van der Waals surface area contributed by atoms with E-state index in [1.54, 1.807) is 35.8 Å². The summed E-state index contributed by atoms with van der Waals surface area (Å²) in [7, 11) is -4.96. The lowest BCUT2D eigenvalue weighted by Gasteiger charge is -2.22. The number of anilines is 2. The van der Waals surface area contributed by atoms with Crippen LogP contribution in [-0.2, 0) is 15.1 Å². The van der Waals surface area contributed by atoms with Crippen LogP contribution in [0.3, 0.4) is 0 Å². The van der Waals surface area contributed by atoms with Crippen LogP contribution in [-0.4, -0.2) is 24.1 Å². The largest absolute Gasteiger partial charge is 0.364 e. The fourth-order valence-corrected chi connectivity index (χ4v) is 3.83. The molecule has 0 aromatic heterocycles. The highest BCUT2D eigenvalue weighted by molar-refractivity contribution is 7.87. The highest BCUT2D eigenvalue weighted by Crippen LogP contribution is 2.33. The molecule has 30 heavy (non-hydrogen) atoms. The minimum atomic E-state index is -4.96. The van der Waals surface area contributed by atoms with Crippen molar-refractivity contribution in [3.8, 4) is 0 Å². The highest BCUT2D eigenvalue weighted by atomic mass is 32.2. The van der Waals surface area contributed by atoms with Gasteiger partial charge in [-0.3, -0.25) is 14.6 Å². The first-order valence-electron chi connectivity index (χ1n) is 8.54. The molecule has 7 nitrogen and oxygen atoms in total. The summed E-state index contributed by atoms with van der Waals surface area (Å²) in [4.78, 5) is 12.2. The second-order valence-corrected chi connectivity index (χ2v) is 7.51. The van der Waals surface area contributed by atoms with Crippen molar-refractivity contribution in [1.29, 1.82) is 0 Å². The van der Waals surface area contributed by atoms with Crippen molar-refractivity contribution in [3.63, 3.8) is 0 Å². The Balaban J connectivity index is 2.06. The number of rotatable bonds is 6. The molecule has 1 atom stereocenters. The summed E-state index contributed by atoms with van der Waals surface area (Å²) in [5, 5.41) is 9.09. The number of halogens is 2.